The molecular formula is C23H21NO3. The summed E-state index contributed by atoms with van der Waals surface area (Å²) in [6.07, 6.45) is 1.62. The van der Waals surface area contributed by atoms with Gasteiger partial charge in [-0.25, -0.2) is 0 Å². The lowest BCUT2D eigenvalue weighted by molar-refractivity contribution is 0.0686. The van der Waals surface area contributed by atoms with Gasteiger partial charge in [0.1, 0.15) is 11.3 Å². The molecule has 4 aromatic rings. The molecule has 0 atom stereocenters. The van der Waals surface area contributed by atoms with Crippen LogP contribution in [0.15, 0.2) is 75.8 Å². The second kappa shape index (κ2) is 7.16. The van der Waals surface area contributed by atoms with Gasteiger partial charge < -0.3 is 13.7 Å². The van der Waals surface area contributed by atoms with Gasteiger partial charge in [0.05, 0.1) is 12.8 Å². The van der Waals surface area contributed by atoms with Crippen molar-refractivity contribution in [2.75, 3.05) is 0 Å². The molecule has 0 fully saturated rings. The van der Waals surface area contributed by atoms with Gasteiger partial charge in [-0.05, 0) is 43.2 Å². The second-order valence-corrected chi connectivity index (χ2v) is 6.78. The van der Waals surface area contributed by atoms with Gasteiger partial charge in [-0.3, -0.25) is 4.79 Å². The molecule has 0 bridgehead atoms. The zero-order valence-electron chi connectivity index (χ0n) is 15.4. The SMILES string of the molecule is Cc1ccc2c(C)c(C(=O)N(Cc3ccccc3)Cc3ccco3)oc2c1. The quantitative estimate of drug-likeness (QED) is 0.474. The summed E-state index contributed by atoms with van der Waals surface area (Å²) < 4.78 is 11.4. The summed E-state index contributed by atoms with van der Waals surface area (Å²) in [7, 11) is 0. The van der Waals surface area contributed by atoms with Crippen molar-refractivity contribution in [1.82, 2.24) is 4.90 Å². The average molecular weight is 359 g/mol. The molecule has 1 amide bonds. The lowest BCUT2D eigenvalue weighted by Crippen LogP contribution is -2.30. The van der Waals surface area contributed by atoms with Gasteiger partial charge in [0.2, 0.25) is 0 Å². The van der Waals surface area contributed by atoms with E-state index in [0.29, 0.717) is 18.8 Å². The molecule has 4 nitrogen and oxygen atoms in total. The monoisotopic (exact) mass is 359 g/mol. The number of hydrogen-bond donors (Lipinski definition) is 0. The first kappa shape index (κ1) is 17.2. The number of carbonyl (C=O) groups excluding carboxylic acids is 1. The Kier molecular flexibility index (Phi) is 4.55. The number of furan rings is 2. The molecule has 0 saturated carbocycles. The first-order chi connectivity index (χ1) is 13.1. The predicted molar refractivity (Wildman–Crippen MR) is 104 cm³/mol. The molecule has 136 valence electrons. The molecule has 27 heavy (non-hydrogen) atoms. The maximum atomic E-state index is 13.3. The first-order valence-corrected chi connectivity index (χ1v) is 8.97. The van der Waals surface area contributed by atoms with Crippen LogP contribution in [0.1, 0.15) is 33.0 Å². The van der Waals surface area contributed by atoms with Crippen LogP contribution in [0.2, 0.25) is 0 Å². The van der Waals surface area contributed by atoms with Crippen molar-refractivity contribution >= 4 is 16.9 Å². The zero-order chi connectivity index (χ0) is 18.8. The van der Waals surface area contributed by atoms with E-state index in [0.717, 1.165) is 33.4 Å². The largest absolute Gasteiger partial charge is 0.467 e. The van der Waals surface area contributed by atoms with Crippen LogP contribution in [0, 0.1) is 13.8 Å². The minimum absolute atomic E-state index is 0.137. The Bertz CT molecular complexity index is 1060. The van der Waals surface area contributed by atoms with E-state index in [2.05, 4.69) is 0 Å². The highest BCUT2D eigenvalue weighted by Crippen LogP contribution is 2.28. The number of benzene rings is 2. The number of hydrogen-bond acceptors (Lipinski definition) is 3. The molecule has 0 aliphatic heterocycles. The van der Waals surface area contributed by atoms with E-state index in [-0.39, 0.29) is 5.91 Å². The number of nitrogens with zero attached hydrogens (tertiary/aromatic N) is 1. The van der Waals surface area contributed by atoms with Crippen molar-refractivity contribution in [3.8, 4) is 0 Å². The van der Waals surface area contributed by atoms with Crippen LogP contribution in [-0.4, -0.2) is 10.8 Å². The molecule has 2 aromatic heterocycles. The normalized spacial score (nSPS) is 11.0. The highest BCUT2D eigenvalue weighted by Gasteiger charge is 2.24. The molecule has 2 heterocycles. The van der Waals surface area contributed by atoms with E-state index in [1.54, 1.807) is 11.2 Å². The summed E-state index contributed by atoms with van der Waals surface area (Å²) in [5.41, 5.74) is 3.77. The third-order valence-electron chi connectivity index (χ3n) is 4.72. The summed E-state index contributed by atoms with van der Waals surface area (Å²) in [4.78, 5) is 15.1. The van der Waals surface area contributed by atoms with Crippen molar-refractivity contribution in [2.24, 2.45) is 0 Å². The molecule has 0 unspecified atom stereocenters. The van der Waals surface area contributed by atoms with Gasteiger partial charge in [-0.2, -0.15) is 0 Å². The van der Waals surface area contributed by atoms with E-state index >= 15 is 0 Å². The minimum atomic E-state index is -0.137. The lowest BCUT2D eigenvalue weighted by atomic mass is 10.1. The van der Waals surface area contributed by atoms with Gasteiger partial charge in [0, 0.05) is 17.5 Å². The standard InChI is InChI=1S/C23H21NO3/c1-16-10-11-20-17(2)22(27-21(20)13-16)23(25)24(15-19-9-6-12-26-19)14-18-7-4-3-5-8-18/h3-13H,14-15H2,1-2H3. The number of fused-ring (bicyclic) bond motifs is 1. The summed E-state index contributed by atoms with van der Waals surface area (Å²) in [5.74, 6) is 0.989. The molecule has 0 radical (unpaired) electrons. The van der Waals surface area contributed by atoms with Gasteiger partial charge >= 0.3 is 0 Å². The highest BCUT2D eigenvalue weighted by molar-refractivity contribution is 5.99. The molecule has 0 aliphatic rings. The van der Waals surface area contributed by atoms with E-state index < -0.39 is 0 Å². The van der Waals surface area contributed by atoms with Crippen molar-refractivity contribution in [3.63, 3.8) is 0 Å². The fourth-order valence-electron chi connectivity index (χ4n) is 3.27. The number of rotatable bonds is 5. The van der Waals surface area contributed by atoms with Crippen LogP contribution < -0.4 is 0 Å². The topological polar surface area (TPSA) is 46.6 Å². The zero-order valence-corrected chi connectivity index (χ0v) is 15.4. The summed E-state index contributed by atoms with van der Waals surface area (Å²) in [5, 5.41) is 0.974. The van der Waals surface area contributed by atoms with Crippen LogP contribution in [0.4, 0.5) is 0 Å². The fourth-order valence-corrected chi connectivity index (χ4v) is 3.27. The molecule has 0 spiro atoms. The Morgan fingerprint density at radius 3 is 2.52 bits per heavy atom. The lowest BCUT2D eigenvalue weighted by Gasteiger charge is -2.21. The van der Waals surface area contributed by atoms with Gasteiger partial charge in [0.25, 0.3) is 5.91 Å². The van der Waals surface area contributed by atoms with Crippen molar-refractivity contribution in [1.29, 1.82) is 0 Å². The summed E-state index contributed by atoms with van der Waals surface area (Å²) >= 11 is 0. The number of aryl methyl sites for hydroxylation is 2. The second-order valence-electron chi connectivity index (χ2n) is 6.78. The highest BCUT2D eigenvalue weighted by atomic mass is 16.3. The third kappa shape index (κ3) is 3.51. The maximum absolute atomic E-state index is 13.3. The van der Waals surface area contributed by atoms with E-state index in [4.69, 9.17) is 8.83 Å². The fraction of sp³-hybridized carbons (Fsp3) is 0.174. The van der Waals surface area contributed by atoms with Gasteiger partial charge in [0.15, 0.2) is 5.76 Å². The van der Waals surface area contributed by atoms with E-state index in [1.807, 2.05) is 74.5 Å². The molecule has 0 saturated heterocycles. The summed E-state index contributed by atoms with van der Waals surface area (Å²) in [6, 6.07) is 19.6. The van der Waals surface area contributed by atoms with Crippen LogP contribution in [0.25, 0.3) is 11.0 Å². The Morgan fingerprint density at radius 1 is 0.963 bits per heavy atom. The first-order valence-electron chi connectivity index (χ1n) is 8.97. The third-order valence-corrected chi connectivity index (χ3v) is 4.72. The molecule has 0 aliphatic carbocycles. The van der Waals surface area contributed by atoms with Crippen LogP contribution in [-0.2, 0) is 13.1 Å². The molecule has 2 aromatic carbocycles. The van der Waals surface area contributed by atoms with Crippen LogP contribution in [0.5, 0.6) is 0 Å². The summed E-state index contributed by atoms with van der Waals surface area (Å²) in [6.45, 7) is 4.81. The van der Waals surface area contributed by atoms with Gasteiger partial charge in [-0.15, -0.1) is 0 Å². The van der Waals surface area contributed by atoms with E-state index in [9.17, 15) is 4.79 Å². The van der Waals surface area contributed by atoms with E-state index in [1.165, 1.54) is 0 Å². The smallest absolute Gasteiger partial charge is 0.290 e. The van der Waals surface area contributed by atoms with Crippen molar-refractivity contribution in [2.45, 2.75) is 26.9 Å². The Labute approximate surface area is 158 Å². The van der Waals surface area contributed by atoms with Crippen LogP contribution in [0.3, 0.4) is 0 Å². The van der Waals surface area contributed by atoms with Crippen molar-refractivity contribution < 1.29 is 13.6 Å². The Hall–Kier alpha value is -3.27. The molecule has 0 N–H and O–H groups in total. The Morgan fingerprint density at radius 2 is 1.78 bits per heavy atom. The average Bonchev–Trinajstić information content (AvgIpc) is 3.29. The number of amides is 1. The molecule has 4 heteroatoms. The maximum Gasteiger partial charge on any atom is 0.290 e. The Balaban J connectivity index is 1.70. The molecular weight excluding hydrogens is 338 g/mol. The van der Waals surface area contributed by atoms with Gasteiger partial charge in [-0.1, -0.05) is 42.5 Å². The van der Waals surface area contributed by atoms with Crippen LogP contribution >= 0.6 is 0 Å². The predicted octanol–water partition coefficient (Wildman–Crippen LogP) is 5.49. The minimum Gasteiger partial charge on any atom is -0.467 e. The van der Waals surface area contributed by atoms with Crippen molar-refractivity contribution in [3.05, 3.63) is 95.1 Å². The number of carbonyl (C=O) groups is 1. The molecule has 4 rings (SSSR count).